The Labute approximate surface area is 112 Å². The van der Waals surface area contributed by atoms with Gasteiger partial charge in [-0.2, -0.15) is 0 Å². The first-order chi connectivity index (χ1) is 9.11. The van der Waals surface area contributed by atoms with Crippen LogP contribution in [0.3, 0.4) is 0 Å². The number of esters is 1. The minimum Gasteiger partial charge on any atom is -0.460 e. The van der Waals surface area contributed by atoms with E-state index < -0.39 is 5.97 Å². The van der Waals surface area contributed by atoms with E-state index in [0.717, 1.165) is 5.56 Å². The van der Waals surface area contributed by atoms with Crippen LogP contribution in [0.1, 0.15) is 34.5 Å². The van der Waals surface area contributed by atoms with E-state index in [9.17, 15) is 4.79 Å². The molecular weight excluding hydrogens is 242 g/mol. The van der Waals surface area contributed by atoms with Crippen LogP contribution in [0.15, 0.2) is 24.3 Å². The summed E-state index contributed by atoms with van der Waals surface area (Å²) >= 11 is 0. The van der Waals surface area contributed by atoms with Crippen LogP contribution in [-0.4, -0.2) is 27.3 Å². The molecule has 0 aliphatic heterocycles. The fourth-order valence-corrected chi connectivity index (χ4v) is 1.91. The zero-order chi connectivity index (χ0) is 13.8. The maximum absolute atomic E-state index is 11.8. The summed E-state index contributed by atoms with van der Waals surface area (Å²) in [6.07, 6.45) is 0. The molecule has 5 nitrogen and oxygen atoms in total. The Kier molecular flexibility index (Phi) is 3.94. The van der Waals surface area contributed by atoms with E-state index in [1.165, 1.54) is 5.56 Å². The number of hydrogen-bond acceptors (Lipinski definition) is 4. The normalized spacial score (nSPS) is 10.5. The number of carbonyl (C=O) groups excluding carboxylic acids is 1. The predicted octanol–water partition coefficient (Wildman–Crippen LogP) is 2.12. The molecule has 0 atom stereocenters. The van der Waals surface area contributed by atoms with Crippen molar-refractivity contribution >= 4 is 5.97 Å². The van der Waals surface area contributed by atoms with Gasteiger partial charge in [0.1, 0.15) is 5.82 Å². The monoisotopic (exact) mass is 259 g/mol. The van der Waals surface area contributed by atoms with Crippen molar-refractivity contribution in [3.05, 3.63) is 47.0 Å². The van der Waals surface area contributed by atoms with Crippen LogP contribution >= 0.6 is 0 Å². The second-order valence-electron chi connectivity index (χ2n) is 4.37. The molecule has 0 amide bonds. The molecule has 2 aromatic rings. The zero-order valence-electron chi connectivity index (χ0n) is 11.4. The van der Waals surface area contributed by atoms with Gasteiger partial charge in [0.05, 0.1) is 13.2 Å². The standard InChI is InChI=1S/C14H17N3O2/c1-4-19-14(18)13-16-15-11(3)17(13)9-12-7-5-6-10(2)8-12/h5-8H,4,9H2,1-3H3. The van der Waals surface area contributed by atoms with Gasteiger partial charge in [0.15, 0.2) is 0 Å². The summed E-state index contributed by atoms with van der Waals surface area (Å²) in [5.41, 5.74) is 2.29. The molecule has 5 heteroatoms. The molecule has 0 N–H and O–H groups in total. The Balaban J connectivity index is 2.29. The first-order valence-corrected chi connectivity index (χ1v) is 6.24. The smallest absolute Gasteiger partial charge is 0.376 e. The van der Waals surface area contributed by atoms with Gasteiger partial charge in [-0.3, -0.25) is 0 Å². The second kappa shape index (κ2) is 5.65. The summed E-state index contributed by atoms with van der Waals surface area (Å²) in [6.45, 7) is 6.52. The number of ether oxygens (including phenoxy) is 1. The summed E-state index contributed by atoms with van der Waals surface area (Å²) in [6, 6.07) is 8.12. The lowest BCUT2D eigenvalue weighted by molar-refractivity contribution is 0.0506. The molecule has 1 heterocycles. The Morgan fingerprint density at radius 2 is 2.11 bits per heavy atom. The lowest BCUT2D eigenvalue weighted by Gasteiger charge is -2.08. The number of hydrogen-bond donors (Lipinski definition) is 0. The Morgan fingerprint density at radius 3 is 2.79 bits per heavy atom. The molecule has 0 radical (unpaired) electrons. The molecule has 19 heavy (non-hydrogen) atoms. The third kappa shape index (κ3) is 2.99. The second-order valence-corrected chi connectivity index (χ2v) is 4.37. The molecule has 0 unspecified atom stereocenters. The van der Waals surface area contributed by atoms with Crippen LogP contribution in [0.25, 0.3) is 0 Å². The van der Waals surface area contributed by atoms with Crippen LogP contribution < -0.4 is 0 Å². The number of aryl methyl sites for hydroxylation is 2. The summed E-state index contributed by atoms with van der Waals surface area (Å²) in [4.78, 5) is 11.8. The van der Waals surface area contributed by atoms with E-state index in [1.807, 2.05) is 32.0 Å². The van der Waals surface area contributed by atoms with Crippen LogP contribution in [0, 0.1) is 13.8 Å². The minimum absolute atomic E-state index is 0.251. The largest absolute Gasteiger partial charge is 0.460 e. The van der Waals surface area contributed by atoms with E-state index in [4.69, 9.17) is 4.74 Å². The highest BCUT2D eigenvalue weighted by atomic mass is 16.5. The molecule has 0 saturated heterocycles. The summed E-state index contributed by atoms with van der Waals surface area (Å²) in [5, 5.41) is 7.84. The van der Waals surface area contributed by atoms with Gasteiger partial charge >= 0.3 is 5.97 Å². The van der Waals surface area contributed by atoms with Gasteiger partial charge < -0.3 is 9.30 Å². The maximum atomic E-state index is 11.8. The molecule has 1 aromatic carbocycles. The van der Waals surface area contributed by atoms with E-state index in [-0.39, 0.29) is 5.82 Å². The molecule has 2 rings (SSSR count). The van der Waals surface area contributed by atoms with Gasteiger partial charge in [0.2, 0.25) is 5.82 Å². The predicted molar refractivity (Wildman–Crippen MR) is 71.0 cm³/mol. The van der Waals surface area contributed by atoms with Gasteiger partial charge in [-0.05, 0) is 26.3 Å². The summed E-state index contributed by atoms with van der Waals surface area (Å²) in [7, 11) is 0. The molecule has 0 aliphatic rings. The fraction of sp³-hybridized carbons (Fsp3) is 0.357. The van der Waals surface area contributed by atoms with Crippen molar-refractivity contribution in [2.75, 3.05) is 6.61 Å². The highest BCUT2D eigenvalue weighted by molar-refractivity contribution is 5.85. The first kappa shape index (κ1) is 13.3. The summed E-state index contributed by atoms with van der Waals surface area (Å²) < 4.78 is 6.75. The van der Waals surface area contributed by atoms with Gasteiger partial charge in [0, 0.05) is 0 Å². The lowest BCUT2D eigenvalue weighted by Crippen LogP contribution is -2.15. The number of nitrogens with zero attached hydrogens (tertiary/aromatic N) is 3. The third-order valence-electron chi connectivity index (χ3n) is 2.82. The number of benzene rings is 1. The minimum atomic E-state index is -0.434. The van der Waals surface area contributed by atoms with Gasteiger partial charge in [-0.15, -0.1) is 10.2 Å². The average molecular weight is 259 g/mol. The lowest BCUT2D eigenvalue weighted by atomic mass is 10.1. The molecule has 100 valence electrons. The molecule has 0 spiro atoms. The molecular formula is C14H17N3O2. The van der Waals surface area contributed by atoms with Gasteiger partial charge in [0.25, 0.3) is 0 Å². The van der Waals surface area contributed by atoms with Crippen molar-refractivity contribution in [1.82, 2.24) is 14.8 Å². The van der Waals surface area contributed by atoms with Crippen LogP contribution in [0.4, 0.5) is 0 Å². The van der Waals surface area contributed by atoms with Crippen LogP contribution in [-0.2, 0) is 11.3 Å². The number of aromatic nitrogens is 3. The molecule has 1 aromatic heterocycles. The quantitative estimate of drug-likeness (QED) is 0.789. The summed E-state index contributed by atoms with van der Waals surface area (Å²) in [5.74, 6) is 0.515. The van der Waals surface area contributed by atoms with E-state index in [0.29, 0.717) is 19.0 Å². The average Bonchev–Trinajstić information content (AvgIpc) is 2.72. The van der Waals surface area contributed by atoms with Crippen LogP contribution in [0.2, 0.25) is 0 Å². The molecule has 0 aliphatic carbocycles. The third-order valence-corrected chi connectivity index (χ3v) is 2.82. The topological polar surface area (TPSA) is 57.0 Å². The van der Waals surface area contributed by atoms with Crippen LogP contribution in [0.5, 0.6) is 0 Å². The van der Waals surface area contributed by atoms with Crippen molar-refractivity contribution < 1.29 is 9.53 Å². The van der Waals surface area contributed by atoms with E-state index in [2.05, 4.69) is 16.3 Å². The SMILES string of the molecule is CCOC(=O)c1nnc(C)n1Cc1cccc(C)c1. The first-order valence-electron chi connectivity index (χ1n) is 6.24. The van der Waals surface area contributed by atoms with Crippen molar-refractivity contribution in [2.24, 2.45) is 0 Å². The van der Waals surface area contributed by atoms with Crippen molar-refractivity contribution in [1.29, 1.82) is 0 Å². The Hall–Kier alpha value is -2.17. The van der Waals surface area contributed by atoms with E-state index >= 15 is 0 Å². The van der Waals surface area contributed by atoms with Gasteiger partial charge in [-0.25, -0.2) is 4.79 Å². The number of rotatable bonds is 4. The number of carbonyl (C=O) groups is 1. The molecule has 0 saturated carbocycles. The molecule has 0 bridgehead atoms. The fourth-order valence-electron chi connectivity index (χ4n) is 1.91. The Bertz CT molecular complexity index is 590. The van der Waals surface area contributed by atoms with Gasteiger partial charge in [-0.1, -0.05) is 29.8 Å². The maximum Gasteiger partial charge on any atom is 0.376 e. The highest BCUT2D eigenvalue weighted by Crippen LogP contribution is 2.10. The molecule has 0 fully saturated rings. The highest BCUT2D eigenvalue weighted by Gasteiger charge is 2.17. The zero-order valence-corrected chi connectivity index (χ0v) is 11.4. The van der Waals surface area contributed by atoms with E-state index in [1.54, 1.807) is 11.5 Å². The van der Waals surface area contributed by atoms with Crippen molar-refractivity contribution in [3.63, 3.8) is 0 Å². The van der Waals surface area contributed by atoms with Crippen molar-refractivity contribution in [2.45, 2.75) is 27.3 Å². The van der Waals surface area contributed by atoms with Crippen molar-refractivity contribution in [3.8, 4) is 0 Å². The Morgan fingerprint density at radius 1 is 1.32 bits per heavy atom.